The van der Waals surface area contributed by atoms with Crippen LogP contribution in [0.4, 0.5) is 0 Å². The lowest BCUT2D eigenvalue weighted by Gasteiger charge is -1.99. The van der Waals surface area contributed by atoms with Crippen molar-refractivity contribution in [2.45, 2.75) is 12.8 Å². The third-order valence-corrected chi connectivity index (χ3v) is 0.884. The van der Waals surface area contributed by atoms with E-state index in [0.29, 0.717) is 19.8 Å². The van der Waals surface area contributed by atoms with Gasteiger partial charge in [-0.2, -0.15) is 0 Å². The summed E-state index contributed by atoms with van der Waals surface area (Å²) in [5.74, 6) is 0. The van der Waals surface area contributed by atoms with Crippen molar-refractivity contribution < 1.29 is 14.6 Å². The first-order chi connectivity index (χ1) is 4.41. The molecule has 0 aliphatic heterocycles. The van der Waals surface area contributed by atoms with Crippen molar-refractivity contribution in [1.82, 2.24) is 0 Å². The van der Waals surface area contributed by atoms with E-state index in [0.717, 1.165) is 6.42 Å². The monoisotopic (exact) mass is 133 g/mol. The van der Waals surface area contributed by atoms with Crippen molar-refractivity contribution >= 4 is 0 Å². The van der Waals surface area contributed by atoms with E-state index in [1.165, 1.54) is 0 Å². The largest absolute Gasteiger partial charge is 0.359 e. The topological polar surface area (TPSA) is 38.4 Å². The first-order valence-electron chi connectivity index (χ1n) is 3.06. The maximum Gasteiger partial charge on any atom is 0.146 e. The molecule has 0 saturated heterocycles. The molecule has 0 aromatic heterocycles. The summed E-state index contributed by atoms with van der Waals surface area (Å²) >= 11 is 0. The Balaban J connectivity index is 2.60. The number of methoxy groups -OCH3 is 1. The second-order valence-electron chi connectivity index (χ2n) is 1.73. The van der Waals surface area contributed by atoms with E-state index >= 15 is 0 Å². The molecule has 0 N–H and O–H groups in total. The maximum atomic E-state index is 9.88. The van der Waals surface area contributed by atoms with Crippen LogP contribution >= 0.6 is 0 Å². The van der Waals surface area contributed by atoms with Crippen molar-refractivity contribution in [1.29, 1.82) is 0 Å². The summed E-state index contributed by atoms with van der Waals surface area (Å²) < 4.78 is 9.55. The van der Waals surface area contributed by atoms with Crippen molar-refractivity contribution in [2.24, 2.45) is 0 Å². The second kappa shape index (κ2) is 7.88. The molecule has 0 atom stereocenters. The highest BCUT2D eigenvalue weighted by molar-refractivity contribution is 4.33. The molecule has 1 radical (unpaired) electrons. The molecule has 0 unspecified atom stereocenters. The molecule has 0 heterocycles. The third kappa shape index (κ3) is 7.88. The molecule has 3 heteroatoms. The highest BCUT2D eigenvalue weighted by atomic mass is 16.7. The van der Waals surface area contributed by atoms with Crippen molar-refractivity contribution in [3.05, 3.63) is 0 Å². The van der Waals surface area contributed by atoms with Gasteiger partial charge in [-0.15, -0.1) is 0 Å². The minimum atomic E-state index is -0.00363. The van der Waals surface area contributed by atoms with Crippen LogP contribution in [0.25, 0.3) is 0 Å². The van der Waals surface area contributed by atoms with Crippen LogP contribution in [-0.2, 0) is 14.6 Å². The fraction of sp³-hybridized carbons (Fsp3) is 1.00. The van der Waals surface area contributed by atoms with Gasteiger partial charge in [0, 0.05) is 13.7 Å². The van der Waals surface area contributed by atoms with Gasteiger partial charge in [0.1, 0.15) is 6.79 Å². The molecule has 0 aromatic rings. The molecule has 0 fully saturated rings. The molecule has 0 aliphatic rings. The Morgan fingerprint density at radius 2 is 2.11 bits per heavy atom. The summed E-state index contributed by atoms with van der Waals surface area (Å²) in [5.41, 5.74) is 0. The third-order valence-electron chi connectivity index (χ3n) is 0.884. The number of hydrogen-bond acceptors (Lipinski definition) is 2. The van der Waals surface area contributed by atoms with Crippen molar-refractivity contribution in [3.63, 3.8) is 0 Å². The normalized spacial score (nSPS) is 10.0. The van der Waals surface area contributed by atoms with Gasteiger partial charge in [0.2, 0.25) is 0 Å². The van der Waals surface area contributed by atoms with E-state index in [1.807, 2.05) is 0 Å². The fourth-order valence-electron chi connectivity index (χ4n) is 0.448. The Hall–Kier alpha value is -0.120. The van der Waals surface area contributed by atoms with E-state index in [9.17, 15) is 5.11 Å². The molecule has 0 spiro atoms. The highest BCUT2D eigenvalue weighted by Crippen LogP contribution is 1.87. The predicted octanol–water partition coefficient (Wildman–Crippen LogP) is 0.818. The van der Waals surface area contributed by atoms with E-state index in [4.69, 9.17) is 4.74 Å². The Morgan fingerprint density at radius 1 is 1.33 bits per heavy atom. The standard InChI is InChI=1S/C6H13O3/c1-8-6-9-5-3-2-4-7/h2-6H2,1H3. The van der Waals surface area contributed by atoms with Gasteiger partial charge < -0.3 is 9.47 Å². The van der Waals surface area contributed by atoms with Crippen LogP contribution in [0.1, 0.15) is 12.8 Å². The minimum absolute atomic E-state index is 0.00363. The van der Waals surface area contributed by atoms with Crippen LogP contribution in [0.2, 0.25) is 0 Å². The van der Waals surface area contributed by atoms with E-state index in [1.54, 1.807) is 7.11 Å². The Labute approximate surface area is 55.6 Å². The Bertz CT molecular complexity index is 41.6. The lowest BCUT2D eigenvalue weighted by atomic mass is 10.3. The SMILES string of the molecule is COCOCCCC[O]. The maximum absolute atomic E-state index is 9.88. The molecule has 9 heavy (non-hydrogen) atoms. The average molecular weight is 133 g/mol. The van der Waals surface area contributed by atoms with Crippen LogP contribution in [0.15, 0.2) is 0 Å². The van der Waals surface area contributed by atoms with Crippen molar-refractivity contribution in [2.75, 3.05) is 27.1 Å². The van der Waals surface area contributed by atoms with E-state index in [2.05, 4.69) is 4.74 Å². The summed E-state index contributed by atoms with van der Waals surface area (Å²) in [6.07, 6.45) is 1.54. The van der Waals surface area contributed by atoms with Crippen LogP contribution in [0, 0.1) is 0 Å². The number of rotatable bonds is 6. The molecule has 0 rings (SSSR count). The molecule has 55 valence electrons. The molecule has 3 nitrogen and oxygen atoms in total. The van der Waals surface area contributed by atoms with Gasteiger partial charge in [-0.05, 0) is 12.8 Å². The molecule has 0 aliphatic carbocycles. The van der Waals surface area contributed by atoms with Crippen LogP contribution in [-0.4, -0.2) is 27.1 Å². The lowest BCUT2D eigenvalue weighted by Crippen LogP contribution is -1.98. The molecular formula is C6H13O3. The van der Waals surface area contributed by atoms with Gasteiger partial charge >= 0.3 is 0 Å². The number of ether oxygens (including phenoxy) is 2. The highest BCUT2D eigenvalue weighted by Gasteiger charge is 1.86. The smallest absolute Gasteiger partial charge is 0.146 e. The van der Waals surface area contributed by atoms with Crippen LogP contribution in [0.3, 0.4) is 0 Å². The van der Waals surface area contributed by atoms with Crippen LogP contribution < -0.4 is 0 Å². The first kappa shape index (κ1) is 8.88. The lowest BCUT2D eigenvalue weighted by molar-refractivity contribution is -0.0327. The van der Waals surface area contributed by atoms with Crippen molar-refractivity contribution in [3.8, 4) is 0 Å². The van der Waals surface area contributed by atoms with E-state index < -0.39 is 0 Å². The van der Waals surface area contributed by atoms with Gasteiger partial charge in [0.05, 0.1) is 6.61 Å². The summed E-state index contributed by atoms with van der Waals surface area (Å²) in [6, 6.07) is 0. The molecular weight excluding hydrogens is 120 g/mol. The number of hydrogen-bond donors (Lipinski definition) is 0. The van der Waals surface area contributed by atoms with Gasteiger partial charge in [-0.3, -0.25) is 0 Å². The first-order valence-corrected chi connectivity index (χ1v) is 3.06. The summed E-state index contributed by atoms with van der Waals surface area (Å²) in [5, 5.41) is 9.88. The summed E-state index contributed by atoms with van der Waals surface area (Å²) in [7, 11) is 1.58. The van der Waals surface area contributed by atoms with Gasteiger partial charge in [0.15, 0.2) is 0 Å². The zero-order valence-corrected chi connectivity index (χ0v) is 5.76. The van der Waals surface area contributed by atoms with E-state index in [-0.39, 0.29) is 6.61 Å². The van der Waals surface area contributed by atoms with Gasteiger partial charge in [0.25, 0.3) is 0 Å². The van der Waals surface area contributed by atoms with Crippen LogP contribution in [0.5, 0.6) is 0 Å². The molecule has 0 bridgehead atoms. The quantitative estimate of drug-likeness (QED) is 0.397. The zero-order chi connectivity index (χ0) is 6.95. The zero-order valence-electron chi connectivity index (χ0n) is 5.76. The number of unbranched alkanes of at least 4 members (excludes halogenated alkanes) is 1. The summed E-state index contributed by atoms with van der Waals surface area (Å²) in [6.45, 7) is 0.964. The predicted molar refractivity (Wildman–Crippen MR) is 32.6 cm³/mol. The minimum Gasteiger partial charge on any atom is -0.359 e. The summed E-state index contributed by atoms with van der Waals surface area (Å²) in [4.78, 5) is 0. The molecule has 0 aromatic carbocycles. The van der Waals surface area contributed by atoms with Gasteiger partial charge in [-0.25, -0.2) is 5.11 Å². The molecule has 0 amide bonds. The fourth-order valence-corrected chi connectivity index (χ4v) is 0.448. The molecule has 0 saturated carbocycles. The Morgan fingerprint density at radius 3 is 2.67 bits per heavy atom. The van der Waals surface area contributed by atoms with Gasteiger partial charge in [-0.1, -0.05) is 0 Å². The second-order valence-corrected chi connectivity index (χ2v) is 1.73. The Kier molecular flexibility index (Phi) is 7.77. The average Bonchev–Trinajstić information content (AvgIpc) is 1.89.